The normalized spacial score (nSPS) is 16.9. The summed E-state index contributed by atoms with van der Waals surface area (Å²) in [5.74, 6) is 1.82. The molecule has 0 bridgehead atoms. The standard InChI is InChI=1S/C22H37N3O3/c1-3-23-22(25-14-7-15-26-18-21-8-6-17-28-21)24-13-4-5-16-27-20-11-9-19(2)10-12-20/h9-12,21H,3-8,13-18H2,1-2H3,(H2,23,24,25). The molecule has 2 rings (SSSR count). The van der Waals surface area contributed by atoms with E-state index in [0.717, 1.165) is 83.3 Å². The number of rotatable bonds is 13. The van der Waals surface area contributed by atoms with Crippen molar-refractivity contribution in [2.75, 3.05) is 46.1 Å². The molecule has 0 saturated carbocycles. The van der Waals surface area contributed by atoms with Crippen LogP contribution in [0.15, 0.2) is 29.3 Å². The number of aryl methyl sites for hydroxylation is 1. The Morgan fingerprint density at radius 1 is 1.14 bits per heavy atom. The van der Waals surface area contributed by atoms with Crippen molar-refractivity contribution in [2.45, 2.75) is 52.1 Å². The Bertz CT molecular complexity index is 542. The molecule has 6 heteroatoms. The topological polar surface area (TPSA) is 64.1 Å². The minimum absolute atomic E-state index is 0.303. The van der Waals surface area contributed by atoms with E-state index < -0.39 is 0 Å². The van der Waals surface area contributed by atoms with Gasteiger partial charge in [0.15, 0.2) is 5.96 Å². The molecule has 1 unspecified atom stereocenters. The molecule has 6 nitrogen and oxygen atoms in total. The average Bonchev–Trinajstić information content (AvgIpc) is 3.22. The first kappa shape index (κ1) is 22.5. The van der Waals surface area contributed by atoms with Gasteiger partial charge in [0.05, 0.1) is 19.3 Å². The Balaban J connectivity index is 1.49. The number of guanidine groups is 1. The Morgan fingerprint density at radius 3 is 2.75 bits per heavy atom. The van der Waals surface area contributed by atoms with Crippen LogP contribution in [0.25, 0.3) is 0 Å². The largest absolute Gasteiger partial charge is 0.494 e. The van der Waals surface area contributed by atoms with E-state index in [4.69, 9.17) is 14.2 Å². The zero-order valence-corrected chi connectivity index (χ0v) is 17.5. The van der Waals surface area contributed by atoms with Gasteiger partial charge in [-0.3, -0.25) is 4.99 Å². The second-order valence-corrected chi connectivity index (χ2v) is 7.12. The van der Waals surface area contributed by atoms with Crippen LogP contribution < -0.4 is 15.4 Å². The highest BCUT2D eigenvalue weighted by Gasteiger charge is 2.14. The molecule has 0 spiro atoms. The molecule has 0 radical (unpaired) electrons. The minimum atomic E-state index is 0.303. The summed E-state index contributed by atoms with van der Waals surface area (Å²) in [6.45, 7) is 9.74. The molecule has 1 aliphatic rings. The van der Waals surface area contributed by atoms with E-state index in [1.165, 1.54) is 5.56 Å². The van der Waals surface area contributed by atoms with Crippen LogP contribution in [0, 0.1) is 6.92 Å². The first-order valence-electron chi connectivity index (χ1n) is 10.7. The van der Waals surface area contributed by atoms with E-state index in [9.17, 15) is 0 Å². The quantitative estimate of drug-likeness (QED) is 0.307. The van der Waals surface area contributed by atoms with Gasteiger partial charge in [0.1, 0.15) is 5.75 Å². The van der Waals surface area contributed by atoms with E-state index in [-0.39, 0.29) is 0 Å². The Morgan fingerprint density at radius 2 is 2.00 bits per heavy atom. The highest BCUT2D eigenvalue weighted by atomic mass is 16.5. The summed E-state index contributed by atoms with van der Waals surface area (Å²) in [5.41, 5.74) is 1.25. The molecule has 1 aliphatic heterocycles. The summed E-state index contributed by atoms with van der Waals surface area (Å²) >= 11 is 0. The molecule has 28 heavy (non-hydrogen) atoms. The van der Waals surface area contributed by atoms with Crippen LogP contribution in [-0.4, -0.2) is 58.1 Å². The second kappa shape index (κ2) is 14.2. The molecule has 158 valence electrons. The number of unbranched alkanes of at least 4 members (excludes halogenated alkanes) is 1. The number of nitrogens with zero attached hydrogens (tertiary/aromatic N) is 1. The van der Waals surface area contributed by atoms with Crippen LogP contribution in [0.1, 0.15) is 44.6 Å². The first-order chi connectivity index (χ1) is 13.8. The third kappa shape index (κ3) is 9.95. The lowest BCUT2D eigenvalue weighted by molar-refractivity contribution is 0.0171. The van der Waals surface area contributed by atoms with Gasteiger partial charge in [0, 0.05) is 32.8 Å². The van der Waals surface area contributed by atoms with Crippen molar-refractivity contribution in [2.24, 2.45) is 4.99 Å². The maximum atomic E-state index is 5.76. The molecule has 1 aromatic rings. The Hall–Kier alpha value is -1.79. The zero-order chi connectivity index (χ0) is 19.9. The van der Waals surface area contributed by atoms with Crippen molar-refractivity contribution in [3.05, 3.63) is 29.8 Å². The van der Waals surface area contributed by atoms with E-state index in [1.54, 1.807) is 0 Å². The SMILES string of the molecule is CCNC(=NCCCOCC1CCCO1)NCCCCOc1ccc(C)cc1. The summed E-state index contributed by atoms with van der Waals surface area (Å²) in [5, 5.41) is 6.67. The predicted octanol–water partition coefficient (Wildman–Crippen LogP) is 3.29. The van der Waals surface area contributed by atoms with E-state index in [1.807, 2.05) is 12.1 Å². The van der Waals surface area contributed by atoms with Crippen LogP contribution in [-0.2, 0) is 9.47 Å². The molecule has 0 aromatic heterocycles. The fourth-order valence-electron chi connectivity index (χ4n) is 2.95. The smallest absolute Gasteiger partial charge is 0.191 e. The summed E-state index contributed by atoms with van der Waals surface area (Å²) in [6.07, 6.45) is 5.57. The molecule has 0 amide bonds. The monoisotopic (exact) mass is 391 g/mol. The minimum Gasteiger partial charge on any atom is -0.494 e. The van der Waals surface area contributed by atoms with Gasteiger partial charge in [-0.05, 0) is 58.1 Å². The van der Waals surface area contributed by atoms with Gasteiger partial charge in [-0.15, -0.1) is 0 Å². The molecule has 1 atom stereocenters. The third-order valence-electron chi connectivity index (χ3n) is 4.54. The molecule has 1 heterocycles. The van der Waals surface area contributed by atoms with Gasteiger partial charge < -0.3 is 24.8 Å². The van der Waals surface area contributed by atoms with E-state index >= 15 is 0 Å². The molecule has 0 aliphatic carbocycles. The van der Waals surface area contributed by atoms with Crippen LogP contribution in [0.2, 0.25) is 0 Å². The summed E-state index contributed by atoms with van der Waals surface area (Å²) in [6, 6.07) is 8.19. The highest BCUT2D eigenvalue weighted by molar-refractivity contribution is 5.79. The third-order valence-corrected chi connectivity index (χ3v) is 4.54. The molecule has 1 fully saturated rings. The fourth-order valence-corrected chi connectivity index (χ4v) is 2.95. The van der Waals surface area contributed by atoms with Crippen molar-refractivity contribution in [1.82, 2.24) is 10.6 Å². The molecular formula is C22H37N3O3. The second-order valence-electron chi connectivity index (χ2n) is 7.12. The van der Waals surface area contributed by atoms with Gasteiger partial charge in [-0.2, -0.15) is 0 Å². The summed E-state index contributed by atoms with van der Waals surface area (Å²) in [7, 11) is 0. The Kier molecular flexibility index (Phi) is 11.4. The van der Waals surface area contributed by atoms with Gasteiger partial charge in [0.25, 0.3) is 0 Å². The highest BCUT2D eigenvalue weighted by Crippen LogP contribution is 2.12. The average molecular weight is 392 g/mol. The van der Waals surface area contributed by atoms with Gasteiger partial charge in [0.2, 0.25) is 0 Å². The maximum Gasteiger partial charge on any atom is 0.191 e. The summed E-state index contributed by atoms with van der Waals surface area (Å²) < 4.78 is 17.0. The zero-order valence-electron chi connectivity index (χ0n) is 17.5. The number of aliphatic imine (C=N–C) groups is 1. The molecule has 1 aromatic carbocycles. The van der Waals surface area contributed by atoms with Crippen LogP contribution in [0.4, 0.5) is 0 Å². The lowest BCUT2D eigenvalue weighted by atomic mass is 10.2. The van der Waals surface area contributed by atoms with Crippen molar-refractivity contribution in [3.8, 4) is 5.75 Å². The van der Waals surface area contributed by atoms with Crippen LogP contribution in [0.5, 0.6) is 5.75 Å². The number of hydrogen-bond acceptors (Lipinski definition) is 4. The Labute approximate surface area is 170 Å². The van der Waals surface area contributed by atoms with Crippen molar-refractivity contribution < 1.29 is 14.2 Å². The van der Waals surface area contributed by atoms with E-state index in [2.05, 4.69) is 41.6 Å². The number of hydrogen-bond donors (Lipinski definition) is 2. The van der Waals surface area contributed by atoms with Gasteiger partial charge in [-0.25, -0.2) is 0 Å². The van der Waals surface area contributed by atoms with Gasteiger partial charge in [-0.1, -0.05) is 17.7 Å². The van der Waals surface area contributed by atoms with Crippen molar-refractivity contribution >= 4 is 5.96 Å². The lowest BCUT2D eigenvalue weighted by Gasteiger charge is -2.12. The van der Waals surface area contributed by atoms with Gasteiger partial charge >= 0.3 is 0 Å². The predicted molar refractivity (Wildman–Crippen MR) is 114 cm³/mol. The number of ether oxygens (including phenoxy) is 3. The van der Waals surface area contributed by atoms with E-state index in [0.29, 0.717) is 12.7 Å². The summed E-state index contributed by atoms with van der Waals surface area (Å²) in [4.78, 5) is 4.61. The number of benzene rings is 1. The van der Waals surface area contributed by atoms with Crippen LogP contribution >= 0.6 is 0 Å². The lowest BCUT2D eigenvalue weighted by Crippen LogP contribution is -2.38. The molecule has 2 N–H and O–H groups in total. The number of nitrogens with one attached hydrogen (secondary N) is 2. The molecule has 1 saturated heterocycles. The molecular weight excluding hydrogens is 354 g/mol. The first-order valence-corrected chi connectivity index (χ1v) is 10.7. The fraction of sp³-hybridized carbons (Fsp3) is 0.682. The van der Waals surface area contributed by atoms with Crippen molar-refractivity contribution in [3.63, 3.8) is 0 Å². The van der Waals surface area contributed by atoms with Crippen LogP contribution in [0.3, 0.4) is 0 Å². The van der Waals surface area contributed by atoms with Crippen molar-refractivity contribution in [1.29, 1.82) is 0 Å². The maximum absolute atomic E-state index is 5.76.